The zero-order valence-corrected chi connectivity index (χ0v) is 21.8. The summed E-state index contributed by atoms with van der Waals surface area (Å²) in [7, 11) is 1.99. The van der Waals surface area contributed by atoms with Crippen molar-refractivity contribution < 1.29 is 9.59 Å². The molecule has 2 aromatic rings. The molecule has 0 spiro atoms. The Balaban J connectivity index is 1.22. The summed E-state index contributed by atoms with van der Waals surface area (Å²) < 4.78 is 0. The van der Waals surface area contributed by atoms with Crippen LogP contribution in [0.5, 0.6) is 0 Å². The first-order valence-electron chi connectivity index (χ1n) is 12.6. The van der Waals surface area contributed by atoms with Crippen LogP contribution in [-0.2, 0) is 4.79 Å². The fourth-order valence-electron chi connectivity index (χ4n) is 8.29. The van der Waals surface area contributed by atoms with Gasteiger partial charge in [0, 0.05) is 29.8 Å². The largest absolute Gasteiger partial charge is 0.338 e. The van der Waals surface area contributed by atoms with Gasteiger partial charge < -0.3 is 4.90 Å². The van der Waals surface area contributed by atoms with Crippen molar-refractivity contribution in [1.82, 2.24) is 9.88 Å². The SMILES string of the molecule is CN1C(=O)C=C[C@]2(C)[C@H]3CC[C@]4(C)C(c5csc(NC(=O)c6cccs6)n5)CC[C@H]4[C@@H]3CC[C@@H]12. The number of hydrogen-bond acceptors (Lipinski definition) is 5. The van der Waals surface area contributed by atoms with Gasteiger partial charge in [-0.15, -0.1) is 22.7 Å². The molecule has 0 radical (unpaired) electrons. The van der Waals surface area contributed by atoms with E-state index in [9.17, 15) is 9.59 Å². The monoisotopic (exact) mass is 495 g/mol. The predicted molar refractivity (Wildman–Crippen MR) is 137 cm³/mol. The number of fused-ring (bicyclic) bond motifs is 5. The zero-order valence-electron chi connectivity index (χ0n) is 20.1. The van der Waals surface area contributed by atoms with Gasteiger partial charge in [-0.2, -0.15) is 0 Å². The number of thiophene rings is 1. The molecule has 1 aliphatic heterocycles. The second-order valence-electron chi connectivity index (χ2n) is 11.3. The van der Waals surface area contributed by atoms with Gasteiger partial charge in [0.05, 0.1) is 10.6 Å². The van der Waals surface area contributed by atoms with Crippen LogP contribution in [0.25, 0.3) is 0 Å². The number of nitrogens with one attached hydrogen (secondary N) is 1. The van der Waals surface area contributed by atoms with Crippen molar-refractivity contribution >= 4 is 39.6 Å². The molecule has 0 aromatic carbocycles. The van der Waals surface area contributed by atoms with Crippen LogP contribution in [-0.4, -0.2) is 34.8 Å². The van der Waals surface area contributed by atoms with E-state index in [1.807, 2.05) is 35.5 Å². The molecule has 4 aliphatic rings. The van der Waals surface area contributed by atoms with Crippen molar-refractivity contribution in [1.29, 1.82) is 0 Å². The highest BCUT2D eigenvalue weighted by Crippen LogP contribution is 2.67. The Bertz CT molecular complexity index is 1140. The number of carbonyl (C=O) groups is 2. The third kappa shape index (κ3) is 3.26. The van der Waals surface area contributed by atoms with Gasteiger partial charge in [-0.05, 0) is 79.2 Å². The van der Waals surface area contributed by atoms with Gasteiger partial charge in [-0.3, -0.25) is 14.9 Å². The van der Waals surface area contributed by atoms with E-state index in [1.165, 1.54) is 43.4 Å². The van der Waals surface area contributed by atoms with Gasteiger partial charge in [0.1, 0.15) is 0 Å². The fourth-order valence-corrected chi connectivity index (χ4v) is 9.67. The maximum absolute atomic E-state index is 12.5. The van der Waals surface area contributed by atoms with Gasteiger partial charge in [0.15, 0.2) is 5.13 Å². The van der Waals surface area contributed by atoms with Gasteiger partial charge >= 0.3 is 0 Å². The number of carbonyl (C=O) groups excluding carboxylic acids is 2. The maximum atomic E-state index is 12.5. The lowest BCUT2D eigenvalue weighted by Crippen LogP contribution is -2.59. The standard InChI is InChI=1S/C27H33N3O2S2/c1-26-12-10-18-16(6-9-22-27(18,2)13-11-23(31)30(22)3)17(26)7-8-19(26)20-15-34-25(28-20)29-24(32)21-5-4-14-33-21/h4-5,11,13-19,22H,6-10,12H2,1-3H3,(H,28,29,32)/t16-,17-,18-,19?,22+,26-,27+/m0/s1. The Morgan fingerprint density at radius 3 is 2.79 bits per heavy atom. The number of anilines is 1. The smallest absolute Gasteiger partial charge is 0.267 e. The van der Waals surface area contributed by atoms with E-state index >= 15 is 0 Å². The molecule has 0 bridgehead atoms. The van der Waals surface area contributed by atoms with Crippen LogP contribution < -0.4 is 5.32 Å². The van der Waals surface area contributed by atoms with Crippen molar-refractivity contribution in [2.45, 2.75) is 64.3 Å². The second-order valence-corrected chi connectivity index (χ2v) is 13.1. The molecule has 3 heterocycles. The van der Waals surface area contributed by atoms with E-state index in [1.54, 1.807) is 11.3 Å². The van der Waals surface area contributed by atoms with Gasteiger partial charge in [0.2, 0.25) is 5.91 Å². The van der Waals surface area contributed by atoms with Gasteiger partial charge in [0.25, 0.3) is 5.91 Å². The molecule has 1 unspecified atom stereocenters. The predicted octanol–water partition coefficient (Wildman–Crippen LogP) is 6.18. The van der Waals surface area contributed by atoms with Gasteiger partial charge in [-0.25, -0.2) is 4.98 Å². The van der Waals surface area contributed by atoms with Crippen LogP contribution >= 0.6 is 22.7 Å². The Morgan fingerprint density at radius 2 is 2.00 bits per heavy atom. The van der Waals surface area contributed by atoms with E-state index in [0.717, 1.165) is 17.0 Å². The summed E-state index contributed by atoms with van der Waals surface area (Å²) in [6.45, 7) is 4.92. The van der Waals surface area contributed by atoms with E-state index in [-0.39, 0.29) is 22.6 Å². The van der Waals surface area contributed by atoms with Crippen LogP contribution in [0.15, 0.2) is 35.0 Å². The Morgan fingerprint density at radius 1 is 1.15 bits per heavy atom. The quantitative estimate of drug-likeness (QED) is 0.553. The third-order valence-corrected chi connectivity index (χ3v) is 11.6. The molecule has 180 valence electrons. The first-order chi connectivity index (χ1) is 16.3. The number of hydrogen-bond donors (Lipinski definition) is 1. The summed E-state index contributed by atoms with van der Waals surface area (Å²) in [6.07, 6.45) is 11.3. The number of rotatable bonds is 3. The molecule has 3 saturated carbocycles. The van der Waals surface area contributed by atoms with E-state index < -0.39 is 0 Å². The highest BCUT2D eigenvalue weighted by atomic mass is 32.1. The topological polar surface area (TPSA) is 62.3 Å². The highest BCUT2D eigenvalue weighted by Gasteiger charge is 2.60. The van der Waals surface area contributed by atoms with Crippen LogP contribution in [0.4, 0.5) is 5.13 Å². The summed E-state index contributed by atoms with van der Waals surface area (Å²) in [6, 6.07) is 4.08. The van der Waals surface area contributed by atoms with Crippen molar-refractivity contribution in [3.63, 3.8) is 0 Å². The molecule has 2 aromatic heterocycles. The summed E-state index contributed by atoms with van der Waals surface area (Å²) in [4.78, 5) is 32.4. The average Bonchev–Trinajstić information content (AvgIpc) is 3.56. The molecular formula is C27H33N3O2S2. The average molecular weight is 496 g/mol. The Hall–Kier alpha value is -1.99. The summed E-state index contributed by atoms with van der Waals surface area (Å²) in [5, 5.41) is 7.81. The minimum Gasteiger partial charge on any atom is -0.338 e. The van der Waals surface area contributed by atoms with Crippen LogP contribution in [0.1, 0.15) is 73.7 Å². The molecule has 7 heteroatoms. The zero-order chi connectivity index (χ0) is 23.7. The maximum Gasteiger partial charge on any atom is 0.267 e. The molecule has 34 heavy (non-hydrogen) atoms. The van der Waals surface area contributed by atoms with Crippen molar-refractivity contribution in [3.05, 3.63) is 45.6 Å². The van der Waals surface area contributed by atoms with Crippen LogP contribution in [0.3, 0.4) is 0 Å². The lowest BCUT2D eigenvalue weighted by atomic mass is 9.47. The third-order valence-electron chi connectivity index (χ3n) is 9.97. The number of amides is 2. The Labute approximate surface area is 209 Å². The number of aromatic nitrogens is 1. The second kappa shape index (κ2) is 8.02. The molecule has 3 fully saturated rings. The summed E-state index contributed by atoms with van der Waals surface area (Å²) >= 11 is 3.01. The minimum atomic E-state index is -0.0686. The van der Waals surface area contributed by atoms with E-state index in [4.69, 9.17) is 4.98 Å². The van der Waals surface area contributed by atoms with E-state index in [2.05, 4.69) is 30.6 Å². The number of nitrogens with zero attached hydrogens (tertiary/aromatic N) is 2. The normalized spacial score (nSPS) is 38.9. The molecule has 1 N–H and O–H groups in total. The molecule has 7 atom stereocenters. The minimum absolute atomic E-state index is 0.0686. The fraction of sp³-hybridized carbons (Fsp3) is 0.593. The Kier molecular flexibility index (Phi) is 5.30. The first-order valence-corrected chi connectivity index (χ1v) is 14.3. The molecule has 6 rings (SSSR count). The van der Waals surface area contributed by atoms with Crippen LogP contribution in [0, 0.1) is 28.6 Å². The first kappa shape index (κ1) is 22.5. The van der Waals surface area contributed by atoms with Crippen molar-refractivity contribution in [2.24, 2.45) is 28.6 Å². The molecule has 2 amide bonds. The summed E-state index contributed by atoms with van der Waals surface area (Å²) in [5.41, 5.74) is 1.51. The highest BCUT2D eigenvalue weighted by molar-refractivity contribution is 7.14. The molecule has 5 nitrogen and oxygen atoms in total. The van der Waals surface area contributed by atoms with Crippen molar-refractivity contribution in [3.8, 4) is 0 Å². The van der Waals surface area contributed by atoms with Gasteiger partial charge in [-0.1, -0.05) is 26.0 Å². The number of thiazole rings is 1. The summed E-state index contributed by atoms with van der Waals surface area (Å²) in [5.74, 6) is 2.61. The molecule has 3 aliphatic carbocycles. The lowest BCUT2D eigenvalue weighted by Gasteiger charge is -2.60. The molecular weight excluding hydrogens is 462 g/mol. The molecule has 0 saturated heterocycles. The van der Waals surface area contributed by atoms with E-state index in [0.29, 0.717) is 34.8 Å². The van der Waals surface area contributed by atoms with Crippen molar-refractivity contribution in [2.75, 3.05) is 12.4 Å². The lowest BCUT2D eigenvalue weighted by molar-refractivity contribution is -0.138. The van der Waals surface area contributed by atoms with Crippen LogP contribution in [0.2, 0.25) is 0 Å². The number of likely N-dealkylation sites (N-methyl/N-ethyl adjacent to an activating group) is 1.